The van der Waals surface area contributed by atoms with Crippen molar-refractivity contribution in [2.45, 2.75) is 38.6 Å². The number of benzene rings is 1. The van der Waals surface area contributed by atoms with Gasteiger partial charge in [0.1, 0.15) is 0 Å². The Morgan fingerprint density at radius 1 is 1.10 bits per heavy atom. The third kappa shape index (κ3) is 4.61. The first kappa shape index (κ1) is 16.1. The Balaban J connectivity index is 1.89. The molecule has 114 valence electrons. The van der Waals surface area contributed by atoms with E-state index >= 15 is 0 Å². The fourth-order valence-corrected chi connectivity index (χ4v) is 2.88. The summed E-state index contributed by atoms with van der Waals surface area (Å²) in [6.45, 7) is 2.20. The van der Waals surface area contributed by atoms with E-state index in [-0.39, 0.29) is 6.04 Å². The lowest BCUT2D eigenvalue weighted by atomic mass is 9.87. The third-order valence-electron chi connectivity index (χ3n) is 3.74. The maximum Gasteiger partial charge on any atom is 0.313 e. The number of halogens is 2. The van der Waals surface area contributed by atoms with E-state index in [0.717, 1.165) is 25.7 Å². The van der Waals surface area contributed by atoms with E-state index < -0.39 is 11.8 Å². The molecular weight excluding hydrogens is 311 g/mol. The van der Waals surface area contributed by atoms with Gasteiger partial charge in [0.15, 0.2) is 0 Å². The molecule has 0 spiro atoms. The molecule has 0 unspecified atom stereocenters. The minimum atomic E-state index is -0.710. The van der Waals surface area contributed by atoms with Crippen molar-refractivity contribution in [2.24, 2.45) is 5.92 Å². The molecule has 0 heterocycles. The van der Waals surface area contributed by atoms with Gasteiger partial charge in [-0.05, 0) is 49.8 Å². The number of amides is 2. The maximum absolute atomic E-state index is 11.9. The summed E-state index contributed by atoms with van der Waals surface area (Å²) in [5.41, 5.74) is 0.374. The van der Waals surface area contributed by atoms with Crippen LogP contribution >= 0.6 is 23.2 Å². The van der Waals surface area contributed by atoms with E-state index in [0.29, 0.717) is 21.7 Å². The highest BCUT2D eigenvalue weighted by molar-refractivity contribution is 6.42. The molecule has 0 aromatic heterocycles. The lowest BCUT2D eigenvalue weighted by molar-refractivity contribution is -0.136. The standard InChI is InChI=1S/C15H18Cl2N2O2/c1-9-2-5-11(6-3-9)18-14(20)15(21)19-13-7-4-10(16)8-12(13)17/h4,7-9,11H,2-3,5-6H2,1H3,(H,18,20)(H,19,21). The Morgan fingerprint density at radius 3 is 2.38 bits per heavy atom. The quantitative estimate of drug-likeness (QED) is 0.814. The van der Waals surface area contributed by atoms with Gasteiger partial charge in [-0.1, -0.05) is 30.1 Å². The molecule has 0 atom stereocenters. The van der Waals surface area contributed by atoms with Gasteiger partial charge in [0.05, 0.1) is 10.7 Å². The van der Waals surface area contributed by atoms with E-state index in [1.165, 1.54) is 6.07 Å². The van der Waals surface area contributed by atoms with E-state index in [9.17, 15) is 9.59 Å². The lowest BCUT2D eigenvalue weighted by Gasteiger charge is -2.26. The molecule has 1 aliphatic rings. The monoisotopic (exact) mass is 328 g/mol. The molecule has 1 saturated carbocycles. The number of rotatable bonds is 2. The first-order chi connectivity index (χ1) is 9.95. The van der Waals surface area contributed by atoms with Crippen LogP contribution in [0.3, 0.4) is 0 Å². The summed E-state index contributed by atoms with van der Waals surface area (Å²) in [5, 5.41) is 6.04. The Bertz CT molecular complexity index is 540. The molecule has 21 heavy (non-hydrogen) atoms. The molecule has 1 fully saturated rings. The average molecular weight is 329 g/mol. The van der Waals surface area contributed by atoms with Crippen molar-refractivity contribution in [2.75, 3.05) is 5.32 Å². The molecule has 1 aromatic carbocycles. The second-order valence-corrected chi connectivity index (χ2v) is 6.35. The number of anilines is 1. The van der Waals surface area contributed by atoms with Crippen LogP contribution in [0.1, 0.15) is 32.6 Å². The van der Waals surface area contributed by atoms with Crippen LogP contribution in [0.2, 0.25) is 10.0 Å². The maximum atomic E-state index is 11.9. The molecule has 4 nitrogen and oxygen atoms in total. The Hall–Kier alpha value is -1.26. The summed E-state index contributed by atoms with van der Waals surface area (Å²) < 4.78 is 0. The SMILES string of the molecule is CC1CCC(NC(=O)C(=O)Nc2ccc(Cl)cc2Cl)CC1. The zero-order chi connectivity index (χ0) is 15.4. The smallest absolute Gasteiger partial charge is 0.313 e. The van der Waals surface area contributed by atoms with Gasteiger partial charge in [-0.15, -0.1) is 0 Å². The minimum absolute atomic E-state index is 0.0835. The van der Waals surface area contributed by atoms with Crippen LogP contribution in [-0.2, 0) is 9.59 Å². The van der Waals surface area contributed by atoms with Gasteiger partial charge < -0.3 is 10.6 Å². The lowest BCUT2D eigenvalue weighted by Crippen LogP contribution is -2.43. The van der Waals surface area contributed by atoms with Gasteiger partial charge >= 0.3 is 11.8 Å². The predicted octanol–water partition coefficient (Wildman–Crippen LogP) is 3.63. The first-order valence-corrected chi connectivity index (χ1v) is 7.78. The van der Waals surface area contributed by atoms with Gasteiger partial charge in [-0.3, -0.25) is 9.59 Å². The van der Waals surface area contributed by atoms with Crippen molar-refractivity contribution in [1.29, 1.82) is 0 Å². The largest absolute Gasteiger partial charge is 0.345 e. The molecule has 1 aliphatic carbocycles. The van der Waals surface area contributed by atoms with Gasteiger partial charge in [0, 0.05) is 11.1 Å². The zero-order valence-electron chi connectivity index (χ0n) is 11.8. The highest BCUT2D eigenvalue weighted by atomic mass is 35.5. The third-order valence-corrected chi connectivity index (χ3v) is 4.28. The second-order valence-electron chi connectivity index (χ2n) is 5.51. The summed E-state index contributed by atoms with van der Waals surface area (Å²) in [6.07, 6.45) is 3.99. The fourth-order valence-electron chi connectivity index (χ4n) is 2.43. The van der Waals surface area contributed by atoms with Crippen molar-refractivity contribution < 1.29 is 9.59 Å². The van der Waals surface area contributed by atoms with Crippen LogP contribution < -0.4 is 10.6 Å². The topological polar surface area (TPSA) is 58.2 Å². The van der Waals surface area contributed by atoms with E-state index in [1.54, 1.807) is 12.1 Å². The molecule has 0 saturated heterocycles. The van der Waals surface area contributed by atoms with Gasteiger partial charge in [-0.2, -0.15) is 0 Å². The molecular formula is C15H18Cl2N2O2. The average Bonchev–Trinajstić information content (AvgIpc) is 2.44. The van der Waals surface area contributed by atoms with Crippen molar-refractivity contribution in [1.82, 2.24) is 5.32 Å². The number of carbonyl (C=O) groups excluding carboxylic acids is 2. The molecule has 2 N–H and O–H groups in total. The van der Waals surface area contributed by atoms with Crippen LogP contribution in [0.15, 0.2) is 18.2 Å². The summed E-state index contributed by atoms with van der Waals surface area (Å²) in [7, 11) is 0. The number of hydrogen-bond donors (Lipinski definition) is 2. The van der Waals surface area contributed by atoms with E-state index in [2.05, 4.69) is 17.6 Å². The summed E-state index contributed by atoms with van der Waals surface area (Å²) >= 11 is 11.7. The van der Waals surface area contributed by atoms with Gasteiger partial charge in [0.2, 0.25) is 0 Å². The minimum Gasteiger partial charge on any atom is -0.345 e. The van der Waals surface area contributed by atoms with E-state index in [4.69, 9.17) is 23.2 Å². The Labute approximate surface area is 134 Å². The fraction of sp³-hybridized carbons (Fsp3) is 0.467. The molecule has 2 amide bonds. The molecule has 6 heteroatoms. The molecule has 1 aromatic rings. The van der Waals surface area contributed by atoms with Crippen molar-refractivity contribution in [3.8, 4) is 0 Å². The first-order valence-electron chi connectivity index (χ1n) is 7.02. The van der Waals surface area contributed by atoms with Crippen LogP contribution in [-0.4, -0.2) is 17.9 Å². The van der Waals surface area contributed by atoms with Crippen molar-refractivity contribution in [3.05, 3.63) is 28.2 Å². The Morgan fingerprint density at radius 2 is 1.76 bits per heavy atom. The van der Waals surface area contributed by atoms with Crippen molar-refractivity contribution >= 4 is 40.7 Å². The highest BCUT2D eigenvalue weighted by Gasteiger charge is 2.23. The van der Waals surface area contributed by atoms with Gasteiger partial charge in [0.25, 0.3) is 0 Å². The van der Waals surface area contributed by atoms with Crippen LogP contribution in [0.25, 0.3) is 0 Å². The van der Waals surface area contributed by atoms with Crippen molar-refractivity contribution in [3.63, 3.8) is 0 Å². The Kier molecular flexibility index (Phi) is 5.48. The van der Waals surface area contributed by atoms with Crippen LogP contribution in [0, 0.1) is 5.92 Å². The molecule has 0 bridgehead atoms. The molecule has 0 radical (unpaired) electrons. The summed E-state index contributed by atoms with van der Waals surface area (Å²) in [4.78, 5) is 23.8. The predicted molar refractivity (Wildman–Crippen MR) is 84.7 cm³/mol. The number of carbonyl (C=O) groups is 2. The molecule has 0 aliphatic heterocycles. The summed E-state index contributed by atoms with van der Waals surface area (Å²) in [5.74, 6) is -0.640. The zero-order valence-corrected chi connectivity index (χ0v) is 13.3. The molecule has 2 rings (SSSR count). The second kappa shape index (κ2) is 7.14. The normalized spacial score (nSPS) is 21.7. The summed E-state index contributed by atoms with van der Waals surface area (Å²) in [6, 6.07) is 4.76. The van der Waals surface area contributed by atoms with E-state index in [1.807, 2.05) is 0 Å². The number of nitrogens with one attached hydrogen (secondary N) is 2. The van der Waals surface area contributed by atoms with Crippen LogP contribution in [0.4, 0.5) is 5.69 Å². The highest BCUT2D eigenvalue weighted by Crippen LogP contribution is 2.25. The van der Waals surface area contributed by atoms with Crippen LogP contribution in [0.5, 0.6) is 0 Å². The van der Waals surface area contributed by atoms with Gasteiger partial charge in [-0.25, -0.2) is 0 Å². The number of hydrogen-bond acceptors (Lipinski definition) is 2.